The first-order valence-electron chi connectivity index (χ1n) is 7.02. The fourth-order valence-electron chi connectivity index (χ4n) is 1.98. The average molecular weight is 385 g/mol. The van der Waals surface area contributed by atoms with Crippen molar-refractivity contribution in [2.75, 3.05) is 19.0 Å². The Kier molecular flexibility index (Phi) is 6.06. The highest BCUT2D eigenvalue weighted by Gasteiger charge is 2.13. The van der Waals surface area contributed by atoms with Gasteiger partial charge < -0.3 is 14.8 Å². The highest BCUT2D eigenvalue weighted by atomic mass is 35.5. The molecular weight excluding hydrogens is 371 g/mol. The molecule has 0 aliphatic heterocycles. The lowest BCUT2D eigenvalue weighted by atomic mass is 10.2. The molecule has 0 aliphatic carbocycles. The van der Waals surface area contributed by atoms with Crippen LogP contribution in [0.2, 0.25) is 10.0 Å². The van der Waals surface area contributed by atoms with Gasteiger partial charge in [-0.2, -0.15) is 0 Å². The summed E-state index contributed by atoms with van der Waals surface area (Å²) >= 11 is 11.9. The minimum atomic E-state index is -0.572. The fraction of sp³-hybridized carbons (Fsp3) is 0.188. The summed E-state index contributed by atoms with van der Waals surface area (Å²) in [4.78, 5) is 22.2. The van der Waals surface area contributed by atoms with Crippen LogP contribution in [-0.2, 0) is 4.79 Å². The largest absolute Gasteiger partial charge is 0.495 e. The molecule has 0 radical (unpaired) electrons. The summed E-state index contributed by atoms with van der Waals surface area (Å²) in [5, 5.41) is 13.9. The zero-order valence-corrected chi connectivity index (χ0v) is 14.9. The van der Waals surface area contributed by atoms with E-state index in [0.29, 0.717) is 16.5 Å². The number of hydrogen-bond acceptors (Lipinski definition) is 5. The third-order valence-corrected chi connectivity index (χ3v) is 3.94. The Morgan fingerprint density at radius 2 is 1.92 bits per heavy atom. The number of methoxy groups -OCH3 is 1. The fourth-order valence-corrected chi connectivity index (χ4v) is 2.36. The molecule has 0 fully saturated rings. The molecule has 1 N–H and O–H groups in total. The zero-order valence-electron chi connectivity index (χ0n) is 13.3. The second-order valence-corrected chi connectivity index (χ2v) is 5.82. The van der Waals surface area contributed by atoms with Crippen molar-refractivity contribution in [2.24, 2.45) is 0 Å². The first kappa shape index (κ1) is 18.8. The number of carbonyl (C=O) groups excluding carboxylic acids is 1. The number of aryl methyl sites for hydroxylation is 1. The van der Waals surface area contributed by atoms with Crippen LogP contribution in [0.4, 0.5) is 11.4 Å². The third-order valence-electron chi connectivity index (χ3n) is 3.24. The molecular formula is C16H14Cl2N2O5. The van der Waals surface area contributed by atoms with Gasteiger partial charge in [-0.3, -0.25) is 14.9 Å². The Labute approximate surface area is 153 Å². The summed E-state index contributed by atoms with van der Waals surface area (Å²) in [5.74, 6) is 0.133. The molecule has 9 heteroatoms. The maximum Gasteiger partial charge on any atom is 0.271 e. The van der Waals surface area contributed by atoms with Gasteiger partial charge in [-0.05, 0) is 24.6 Å². The van der Waals surface area contributed by atoms with Crippen LogP contribution in [0.15, 0.2) is 30.3 Å². The van der Waals surface area contributed by atoms with Crippen molar-refractivity contribution in [3.05, 3.63) is 56.1 Å². The number of amides is 1. The van der Waals surface area contributed by atoms with Crippen LogP contribution < -0.4 is 14.8 Å². The molecule has 0 atom stereocenters. The van der Waals surface area contributed by atoms with E-state index >= 15 is 0 Å². The predicted octanol–water partition coefficient (Wildman–Crippen LogP) is 4.24. The molecule has 0 saturated heterocycles. The molecule has 2 aromatic rings. The van der Waals surface area contributed by atoms with Crippen molar-refractivity contribution in [3.8, 4) is 11.5 Å². The number of nitro benzene ring substituents is 1. The monoisotopic (exact) mass is 384 g/mol. The Hall–Kier alpha value is -2.51. The van der Waals surface area contributed by atoms with E-state index < -0.39 is 10.8 Å². The number of nitro groups is 1. The third kappa shape index (κ3) is 4.74. The number of nitrogens with one attached hydrogen (secondary N) is 1. The van der Waals surface area contributed by atoms with Crippen molar-refractivity contribution in [3.63, 3.8) is 0 Å². The van der Waals surface area contributed by atoms with Crippen LogP contribution in [0, 0.1) is 17.0 Å². The molecule has 0 bridgehead atoms. The Bertz CT molecular complexity index is 826. The molecule has 0 heterocycles. The lowest BCUT2D eigenvalue weighted by Crippen LogP contribution is -2.20. The summed E-state index contributed by atoms with van der Waals surface area (Å²) in [6.07, 6.45) is 0. The standard InChI is InChI=1S/C16H14Cl2N2O5/c1-9-5-13(15(24-2)7-11(9)17)19-16(21)8-25-14-4-3-10(20(22)23)6-12(14)18/h3-7H,8H2,1-2H3,(H,19,21). The number of anilines is 1. The SMILES string of the molecule is COc1cc(Cl)c(C)cc1NC(=O)COc1ccc([N+](=O)[O-])cc1Cl. The summed E-state index contributed by atoms with van der Waals surface area (Å²) in [7, 11) is 1.46. The number of nitrogens with zero attached hydrogens (tertiary/aromatic N) is 1. The van der Waals surface area contributed by atoms with Crippen molar-refractivity contribution in [1.29, 1.82) is 0 Å². The molecule has 0 unspecified atom stereocenters. The number of halogens is 2. The highest BCUT2D eigenvalue weighted by Crippen LogP contribution is 2.31. The Morgan fingerprint density at radius 3 is 2.52 bits per heavy atom. The lowest BCUT2D eigenvalue weighted by Gasteiger charge is -2.13. The van der Waals surface area contributed by atoms with E-state index in [-0.39, 0.29) is 23.1 Å². The molecule has 0 aliphatic rings. The highest BCUT2D eigenvalue weighted by molar-refractivity contribution is 6.32. The number of benzene rings is 2. The summed E-state index contributed by atoms with van der Waals surface area (Å²) in [6.45, 7) is 1.47. The van der Waals surface area contributed by atoms with Gasteiger partial charge in [0.05, 0.1) is 22.7 Å². The van der Waals surface area contributed by atoms with E-state index in [9.17, 15) is 14.9 Å². The first-order chi connectivity index (χ1) is 11.8. The van der Waals surface area contributed by atoms with Crippen LogP contribution >= 0.6 is 23.2 Å². The number of ether oxygens (including phenoxy) is 2. The number of carbonyl (C=O) groups is 1. The Morgan fingerprint density at radius 1 is 1.20 bits per heavy atom. The molecule has 25 heavy (non-hydrogen) atoms. The number of hydrogen-bond donors (Lipinski definition) is 1. The minimum absolute atomic E-state index is 0.0434. The van der Waals surface area contributed by atoms with E-state index in [4.69, 9.17) is 32.7 Å². The van der Waals surface area contributed by atoms with Crippen molar-refractivity contribution in [2.45, 2.75) is 6.92 Å². The van der Waals surface area contributed by atoms with Gasteiger partial charge >= 0.3 is 0 Å². The van der Waals surface area contributed by atoms with Gasteiger partial charge in [0.15, 0.2) is 6.61 Å². The Balaban J connectivity index is 2.04. The van der Waals surface area contributed by atoms with E-state index in [1.807, 2.05) is 0 Å². The van der Waals surface area contributed by atoms with E-state index in [1.54, 1.807) is 19.1 Å². The van der Waals surface area contributed by atoms with Crippen LogP contribution in [0.5, 0.6) is 11.5 Å². The van der Waals surface area contributed by atoms with Gasteiger partial charge in [0.2, 0.25) is 0 Å². The molecule has 132 valence electrons. The van der Waals surface area contributed by atoms with Crippen molar-refractivity contribution >= 4 is 40.5 Å². The maximum atomic E-state index is 12.1. The quantitative estimate of drug-likeness (QED) is 0.594. The molecule has 0 saturated carbocycles. The molecule has 1 amide bonds. The normalized spacial score (nSPS) is 10.2. The molecule has 7 nitrogen and oxygen atoms in total. The second kappa shape index (κ2) is 8.04. The van der Waals surface area contributed by atoms with Gasteiger partial charge in [0.1, 0.15) is 11.5 Å². The summed E-state index contributed by atoms with van der Waals surface area (Å²) in [6, 6.07) is 7.00. The maximum absolute atomic E-state index is 12.1. The molecule has 2 rings (SSSR count). The lowest BCUT2D eigenvalue weighted by molar-refractivity contribution is -0.384. The molecule has 2 aromatic carbocycles. The van der Waals surface area contributed by atoms with Gasteiger partial charge in [0.25, 0.3) is 11.6 Å². The average Bonchev–Trinajstić information content (AvgIpc) is 2.56. The van der Waals surface area contributed by atoms with Gasteiger partial charge in [-0.15, -0.1) is 0 Å². The van der Waals surface area contributed by atoms with Crippen LogP contribution in [0.25, 0.3) is 0 Å². The summed E-state index contributed by atoms with van der Waals surface area (Å²) in [5.41, 5.74) is 1.06. The topological polar surface area (TPSA) is 90.7 Å². The van der Waals surface area contributed by atoms with E-state index in [1.165, 1.54) is 19.2 Å². The first-order valence-corrected chi connectivity index (χ1v) is 7.78. The second-order valence-electron chi connectivity index (χ2n) is 5.01. The van der Waals surface area contributed by atoms with E-state index in [0.717, 1.165) is 11.6 Å². The van der Waals surface area contributed by atoms with Crippen LogP contribution in [0.3, 0.4) is 0 Å². The van der Waals surface area contributed by atoms with Gasteiger partial charge in [-0.1, -0.05) is 23.2 Å². The van der Waals surface area contributed by atoms with Crippen LogP contribution in [0.1, 0.15) is 5.56 Å². The summed E-state index contributed by atoms with van der Waals surface area (Å²) < 4.78 is 10.5. The molecule has 0 aromatic heterocycles. The molecule has 0 spiro atoms. The minimum Gasteiger partial charge on any atom is -0.495 e. The van der Waals surface area contributed by atoms with Gasteiger partial charge in [0, 0.05) is 23.2 Å². The van der Waals surface area contributed by atoms with Crippen molar-refractivity contribution in [1.82, 2.24) is 0 Å². The van der Waals surface area contributed by atoms with Gasteiger partial charge in [-0.25, -0.2) is 0 Å². The number of non-ortho nitro benzene ring substituents is 1. The van der Waals surface area contributed by atoms with E-state index in [2.05, 4.69) is 5.32 Å². The van der Waals surface area contributed by atoms with Crippen LogP contribution in [-0.4, -0.2) is 24.5 Å². The smallest absolute Gasteiger partial charge is 0.271 e. The number of rotatable bonds is 6. The van der Waals surface area contributed by atoms with Crippen molar-refractivity contribution < 1.29 is 19.2 Å². The predicted molar refractivity (Wildman–Crippen MR) is 95.0 cm³/mol. The zero-order chi connectivity index (χ0) is 18.6.